The molecule has 16 heavy (non-hydrogen) atoms. The number of rotatable bonds is 1. The number of allylic oxidation sites excluding steroid dienone is 4. The first-order valence-corrected chi connectivity index (χ1v) is 6.74. The van der Waals surface area contributed by atoms with Gasteiger partial charge in [-0.25, -0.2) is 0 Å². The third-order valence-electron chi connectivity index (χ3n) is 2.45. The van der Waals surface area contributed by atoms with Crippen LogP contribution < -0.4 is 5.73 Å². The molecule has 1 unspecified atom stereocenters. The van der Waals surface area contributed by atoms with Crippen molar-refractivity contribution in [2.45, 2.75) is 67.7 Å². The molecule has 0 bridgehead atoms. The van der Waals surface area contributed by atoms with Gasteiger partial charge in [-0.05, 0) is 44.6 Å². The molecule has 96 valence electrons. The van der Waals surface area contributed by atoms with Crippen molar-refractivity contribution in [3.63, 3.8) is 0 Å². The maximum Gasteiger partial charge on any atom is 0.0142 e. The van der Waals surface area contributed by atoms with Crippen LogP contribution in [0.4, 0.5) is 0 Å². The van der Waals surface area contributed by atoms with E-state index in [2.05, 4.69) is 26.8 Å². The van der Waals surface area contributed by atoms with Crippen molar-refractivity contribution in [1.29, 1.82) is 0 Å². The lowest BCUT2D eigenvalue weighted by Crippen LogP contribution is -2.15. The smallest absolute Gasteiger partial charge is 0.0142 e. The van der Waals surface area contributed by atoms with Gasteiger partial charge in [0.15, 0.2) is 0 Å². The Hall–Kier alpha value is -0.720. The molecule has 0 aromatic rings. The van der Waals surface area contributed by atoms with Crippen LogP contribution in [-0.2, 0) is 0 Å². The summed E-state index contributed by atoms with van der Waals surface area (Å²) in [5.74, 6) is 0.587. The Morgan fingerprint density at radius 1 is 1.19 bits per heavy atom. The molecule has 0 spiro atoms. The monoisotopic (exact) mass is 225 g/mol. The van der Waals surface area contributed by atoms with Crippen LogP contribution in [0.25, 0.3) is 0 Å². The van der Waals surface area contributed by atoms with Crippen LogP contribution in [0.2, 0.25) is 0 Å². The molecule has 1 heteroatoms. The number of nitrogens with two attached hydrogens (primary N) is 1. The summed E-state index contributed by atoms with van der Waals surface area (Å²) >= 11 is 0. The van der Waals surface area contributed by atoms with Crippen molar-refractivity contribution in [2.24, 2.45) is 11.7 Å². The van der Waals surface area contributed by atoms with E-state index in [0.29, 0.717) is 5.92 Å². The molecule has 0 heterocycles. The summed E-state index contributed by atoms with van der Waals surface area (Å²) in [4.78, 5) is 0. The summed E-state index contributed by atoms with van der Waals surface area (Å²) < 4.78 is 0. The van der Waals surface area contributed by atoms with Crippen LogP contribution in [0.3, 0.4) is 0 Å². The quantitative estimate of drug-likeness (QED) is 0.665. The summed E-state index contributed by atoms with van der Waals surface area (Å²) in [5, 5.41) is 0. The van der Waals surface area contributed by atoms with Crippen LogP contribution in [0.5, 0.6) is 0 Å². The molecule has 1 aliphatic carbocycles. The second-order valence-corrected chi connectivity index (χ2v) is 4.00. The maximum absolute atomic E-state index is 6.01. The van der Waals surface area contributed by atoms with Crippen LogP contribution in [0, 0.1) is 5.92 Å². The van der Waals surface area contributed by atoms with Crippen molar-refractivity contribution < 1.29 is 0 Å². The van der Waals surface area contributed by atoms with Gasteiger partial charge in [-0.3, -0.25) is 0 Å². The summed E-state index contributed by atoms with van der Waals surface area (Å²) in [5.41, 5.74) is 9.84. The molecule has 0 fully saturated rings. The minimum atomic E-state index is 0.587. The maximum atomic E-state index is 6.01. The van der Waals surface area contributed by atoms with E-state index in [0.717, 1.165) is 5.70 Å². The highest BCUT2D eigenvalue weighted by Gasteiger charge is 2.14. The van der Waals surface area contributed by atoms with Gasteiger partial charge < -0.3 is 5.73 Å². The zero-order valence-corrected chi connectivity index (χ0v) is 12.4. The van der Waals surface area contributed by atoms with Gasteiger partial charge in [-0.1, -0.05) is 46.3 Å². The first-order chi connectivity index (χ1) is 7.61. The lowest BCUT2D eigenvalue weighted by molar-refractivity contribution is 0.535. The molecule has 0 amide bonds. The summed E-state index contributed by atoms with van der Waals surface area (Å²) in [6.45, 7) is 14.5. The predicted molar refractivity (Wildman–Crippen MR) is 76.4 cm³/mol. The minimum absolute atomic E-state index is 0.587. The molecule has 1 aliphatic rings. The van der Waals surface area contributed by atoms with E-state index in [-0.39, 0.29) is 0 Å². The fourth-order valence-corrected chi connectivity index (χ4v) is 1.72. The van der Waals surface area contributed by atoms with Crippen LogP contribution in [-0.4, -0.2) is 0 Å². The standard InChI is InChI=1S/C11H19N.2C2H6/c1-8(2)7-10-6-4-5-9(3)11(10)12;2*1-2/h7,9H,4-6,12H2,1-3H3;2*1-2H3. The Balaban J connectivity index is 0. The largest absolute Gasteiger partial charge is 0.402 e. The minimum Gasteiger partial charge on any atom is -0.402 e. The van der Waals surface area contributed by atoms with Gasteiger partial charge in [-0.15, -0.1) is 0 Å². The Bertz CT molecular complexity index is 220. The van der Waals surface area contributed by atoms with E-state index in [9.17, 15) is 0 Å². The van der Waals surface area contributed by atoms with Gasteiger partial charge in [-0.2, -0.15) is 0 Å². The third kappa shape index (κ3) is 6.71. The van der Waals surface area contributed by atoms with Gasteiger partial charge in [0.25, 0.3) is 0 Å². The molecule has 1 rings (SSSR count). The Morgan fingerprint density at radius 2 is 1.69 bits per heavy atom. The Kier molecular flexibility index (Phi) is 11.9. The second-order valence-electron chi connectivity index (χ2n) is 4.00. The first kappa shape index (κ1) is 17.7. The van der Waals surface area contributed by atoms with Crippen LogP contribution >= 0.6 is 0 Å². The normalized spacial score (nSPS) is 18.8. The number of hydrogen-bond donors (Lipinski definition) is 1. The van der Waals surface area contributed by atoms with Gasteiger partial charge in [0.1, 0.15) is 0 Å². The van der Waals surface area contributed by atoms with Crippen molar-refractivity contribution in [2.75, 3.05) is 0 Å². The van der Waals surface area contributed by atoms with Gasteiger partial charge >= 0.3 is 0 Å². The van der Waals surface area contributed by atoms with Gasteiger partial charge in [0, 0.05) is 5.70 Å². The molecular weight excluding hydrogens is 194 g/mol. The van der Waals surface area contributed by atoms with E-state index in [1.54, 1.807) is 0 Å². The van der Waals surface area contributed by atoms with Crippen molar-refractivity contribution in [3.05, 3.63) is 22.9 Å². The lowest BCUT2D eigenvalue weighted by Gasteiger charge is -2.21. The molecule has 2 N–H and O–H groups in total. The zero-order valence-electron chi connectivity index (χ0n) is 12.4. The fourth-order valence-electron chi connectivity index (χ4n) is 1.72. The van der Waals surface area contributed by atoms with E-state index in [1.165, 1.54) is 30.4 Å². The summed E-state index contributed by atoms with van der Waals surface area (Å²) in [6, 6.07) is 0. The average molecular weight is 225 g/mol. The first-order valence-electron chi connectivity index (χ1n) is 6.74. The molecule has 0 aliphatic heterocycles. The molecule has 0 saturated heterocycles. The highest BCUT2D eigenvalue weighted by Crippen LogP contribution is 2.27. The zero-order chi connectivity index (χ0) is 13.1. The molecular formula is C15H31N. The van der Waals surface area contributed by atoms with Crippen molar-refractivity contribution >= 4 is 0 Å². The highest BCUT2D eigenvalue weighted by atomic mass is 14.6. The fraction of sp³-hybridized carbons (Fsp3) is 0.733. The van der Waals surface area contributed by atoms with E-state index in [4.69, 9.17) is 5.73 Å². The molecule has 1 nitrogen and oxygen atoms in total. The highest BCUT2D eigenvalue weighted by molar-refractivity contribution is 5.29. The number of hydrogen-bond acceptors (Lipinski definition) is 1. The molecule has 0 aromatic carbocycles. The third-order valence-corrected chi connectivity index (χ3v) is 2.45. The molecule has 1 atom stereocenters. The topological polar surface area (TPSA) is 26.0 Å². The average Bonchev–Trinajstić information content (AvgIpc) is 2.30. The van der Waals surface area contributed by atoms with E-state index >= 15 is 0 Å². The van der Waals surface area contributed by atoms with E-state index < -0.39 is 0 Å². The van der Waals surface area contributed by atoms with E-state index in [1.807, 2.05) is 27.7 Å². The Labute approximate surface area is 103 Å². The molecule has 0 aromatic heterocycles. The molecule has 0 radical (unpaired) electrons. The van der Waals surface area contributed by atoms with Gasteiger partial charge in [0.2, 0.25) is 0 Å². The van der Waals surface area contributed by atoms with Crippen molar-refractivity contribution in [1.82, 2.24) is 0 Å². The van der Waals surface area contributed by atoms with Crippen LogP contribution in [0.15, 0.2) is 22.9 Å². The molecule has 0 saturated carbocycles. The second kappa shape index (κ2) is 10.8. The van der Waals surface area contributed by atoms with Crippen molar-refractivity contribution in [3.8, 4) is 0 Å². The van der Waals surface area contributed by atoms with Gasteiger partial charge in [0.05, 0.1) is 0 Å². The summed E-state index contributed by atoms with van der Waals surface area (Å²) in [6.07, 6.45) is 5.94. The summed E-state index contributed by atoms with van der Waals surface area (Å²) in [7, 11) is 0. The lowest BCUT2D eigenvalue weighted by atomic mass is 9.88. The predicted octanol–water partition coefficient (Wildman–Crippen LogP) is 5.04. The SMILES string of the molecule is CC.CC.CC(C)=CC1=C(N)C(C)CCC1. The Morgan fingerprint density at radius 3 is 2.12 bits per heavy atom. The van der Waals surface area contributed by atoms with Crippen LogP contribution in [0.1, 0.15) is 67.7 Å².